The van der Waals surface area contributed by atoms with Gasteiger partial charge in [0.1, 0.15) is 0 Å². The molecule has 0 aliphatic rings. The first kappa shape index (κ1) is 13.9. The Morgan fingerprint density at radius 1 is 1.00 bits per heavy atom. The fourth-order valence-electron chi connectivity index (χ4n) is 1.49. The second-order valence-electron chi connectivity index (χ2n) is 4.48. The molecule has 0 aliphatic heterocycles. The van der Waals surface area contributed by atoms with Gasteiger partial charge in [0.2, 0.25) is 0 Å². The van der Waals surface area contributed by atoms with Gasteiger partial charge in [0.15, 0.2) is 0 Å². The van der Waals surface area contributed by atoms with Gasteiger partial charge in [-0.2, -0.15) is 0 Å². The maximum Gasteiger partial charge on any atom is 0.306 e. The van der Waals surface area contributed by atoms with Crippen LogP contribution in [0.25, 0.3) is 0 Å². The molecule has 2 N–H and O–H groups in total. The second kappa shape index (κ2) is 6.43. The molecule has 0 rings (SSSR count). The van der Waals surface area contributed by atoms with Gasteiger partial charge in [-0.25, -0.2) is 0 Å². The molecule has 0 aromatic rings. The molecule has 0 saturated carbocycles. The fraction of sp³-hybridized carbons (Fsp3) is 0.818. The monoisotopic (exact) mass is 216 g/mol. The van der Waals surface area contributed by atoms with Crippen molar-refractivity contribution in [3.63, 3.8) is 0 Å². The van der Waals surface area contributed by atoms with Gasteiger partial charge in [-0.1, -0.05) is 20.8 Å². The Bertz CT molecular complexity index is 223. The lowest BCUT2D eigenvalue weighted by Crippen LogP contribution is -2.19. The van der Waals surface area contributed by atoms with Crippen molar-refractivity contribution in [3.8, 4) is 0 Å². The summed E-state index contributed by atoms with van der Waals surface area (Å²) in [7, 11) is 0. The largest absolute Gasteiger partial charge is 0.481 e. The molecule has 0 unspecified atom stereocenters. The Hall–Kier alpha value is -1.06. The quantitative estimate of drug-likeness (QED) is 0.684. The average molecular weight is 216 g/mol. The summed E-state index contributed by atoms with van der Waals surface area (Å²) in [5.41, 5.74) is 0. The smallest absolute Gasteiger partial charge is 0.306 e. The highest BCUT2D eigenvalue weighted by atomic mass is 16.4. The number of carboxylic acid groups (broad SMARTS) is 2. The van der Waals surface area contributed by atoms with Gasteiger partial charge in [0.05, 0.1) is 11.8 Å². The summed E-state index contributed by atoms with van der Waals surface area (Å²) in [6.45, 7) is 5.55. The molecule has 0 aromatic heterocycles. The van der Waals surface area contributed by atoms with E-state index in [1.54, 1.807) is 6.92 Å². The van der Waals surface area contributed by atoms with Crippen molar-refractivity contribution in [1.82, 2.24) is 0 Å². The predicted octanol–water partition coefficient (Wildman–Crippen LogP) is 2.23. The van der Waals surface area contributed by atoms with Gasteiger partial charge in [0.25, 0.3) is 0 Å². The van der Waals surface area contributed by atoms with Crippen LogP contribution in [0.15, 0.2) is 0 Å². The molecular weight excluding hydrogens is 196 g/mol. The van der Waals surface area contributed by atoms with Gasteiger partial charge in [-0.15, -0.1) is 0 Å². The van der Waals surface area contributed by atoms with Crippen LogP contribution in [0, 0.1) is 17.8 Å². The minimum atomic E-state index is -0.858. The minimum Gasteiger partial charge on any atom is -0.481 e. The maximum absolute atomic E-state index is 10.9. The van der Waals surface area contributed by atoms with Crippen LogP contribution in [0.1, 0.15) is 40.0 Å². The first-order valence-corrected chi connectivity index (χ1v) is 5.30. The fourth-order valence-corrected chi connectivity index (χ4v) is 1.49. The van der Waals surface area contributed by atoms with Crippen molar-refractivity contribution >= 4 is 11.9 Å². The van der Waals surface area contributed by atoms with Crippen LogP contribution < -0.4 is 0 Å². The van der Waals surface area contributed by atoms with Crippen LogP contribution in [0.3, 0.4) is 0 Å². The van der Waals surface area contributed by atoms with E-state index in [0.717, 1.165) is 0 Å². The van der Waals surface area contributed by atoms with Crippen molar-refractivity contribution in [3.05, 3.63) is 0 Å². The van der Waals surface area contributed by atoms with E-state index in [9.17, 15) is 9.59 Å². The molecule has 4 nitrogen and oxygen atoms in total. The molecule has 0 amide bonds. The van der Waals surface area contributed by atoms with E-state index in [1.165, 1.54) is 0 Å². The number of hydrogen-bond acceptors (Lipinski definition) is 2. The summed E-state index contributed by atoms with van der Waals surface area (Å²) in [5, 5.41) is 17.6. The van der Waals surface area contributed by atoms with Crippen LogP contribution >= 0.6 is 0 Å². The van der Waals surface area contributed by atoms with Crippen molar-refractivity contribution in [2.24, 2.45) is 17.8 Å². The Labute approximate surface area is 90.3 Å². The minimum absolute atomic E-state index is 0.325. The normalized spacial score (nSPS) is 14.9. The van der Waals surface area contributed by atoms with Crippen molar-refractivity contribution in [1.29, 1.82) is 0 Å². The highest BCUT2D eigenvalue weighted by Crippen LogP contribution is 2.20. The summed E-state index contributed by atoms with van der Waals surface area (Å²) in [6.07, 6.45) is 1.49. The van der Waals surface area contributed by atoms with Gasteiger partial charge in [0, 0.05) is 0 Å². The molecular formula is C11H20O4. The lowest BCUT2D eigenvalue weighted by atomic mass is 9.90. The van der Waals surface area contributed by atoms with Crippen molar-refractivity contribution < 1.29 is 19.8 Å². The Kier molecular flexibility index (Phi) is 5.97. The van der Waals surface area contributed by atoms with E-state index >= 15 is 0 Å². The van der Waals surface area contributed by atoms with Crippen LogP contribution in [0.5, 0.6) is 0 Å². The van der Waals surface area contributed by atoms with Crippen LogP contribution in [-0.4, -0.2) is 22.2 Å². The Balaban J connectivity index is 4.07. The van der Waals surface area contributed by atoms with Crippen molar-refractivity contribution in [2.45, 2.75) is 40.0 Å². The van der Waals surface area contributed by atoms with E-state index < -0.39 is 23.8 Å². The molecule has 2 atom stereocenters. The van der Waals surface area contributed by atoms with Gasteiger partial charge >= 0.3 is 11.9 Å². The van der Waals surface area contributed by atoms with Crippen molar-refractivity contribution in [2.75, 3.05) is 0 Å². The molecule has 88 valence electrons. The highest BCUT2D eigenvalue weighted by Gasteiger charge is 2.21. The highest BCUT2D eigenvalue weighted by molar-refractivity contribution is 5.71. The van der Waals surface area contributed by atoms with Gasteiger partial charge in [-0.3, -0.25) is 9.59 Å². The second-order valence-corrected chi connectivity index (χ2v) is 4.48. The van der Waals surface area contributed by atoms with E-state index in [0.29, 0.717) is 25.2 Å². The van der Waals surface area contributed by atoms with E-state index in [2.05, 4.69) is 0 Å². The summed E-state index contributed by atoms with van der Waals surface area (Å²) in [4.78, 5) is 21.4. The van der Waals surface area contributed by atoms with Gasteiger partial charge in [-0.05, 0) is 25.2 Å². The average Bonchev–Trinajstić information content (AvgIpc) is 2.10. The summed E-state index contributed by atoms with van der Waals surface area (Å²) >= 11 is 0. The first-order valence-electron chi connectivity index (χ1n) is 5.30. The number of carboxylic acids is 2. The molecule has 0 bridgehead atoms. The summed E-state index contributed by atoms with van der Waals surface area (Å²) < 4.78 is 0. The molecule has 0 fully saturated rings. The third-order valence-electron chi connectivity index (χ3n) is 2.47. The topological polar surface area (TPSA) is 74.6 Å². The molecule has 0 aromatic carbocycles. The molecule has 0 heterocycles. The molecule has 0 aliphatic carbocycles. The van der Waals surface area contributed by atoms with Crippen LogP contribution in [0.2, 0.25) is 0 Å². The first-order chi connectivity index (χ1) is 6.84. The number of aliphatic carboxylic acids is 2. The zero-order valence-electron chi connectivity index (χ0n) is 9.56. The molecule has 15 heavy (non-hydrogen) atoms. The third-order valence-corrected chi connectivity index (χ3v) is 2.47. The molecule has 0 radical (unpaired) electrons. The maximum atomic E-state index is 10.9. The number of rotatable bonds is 7. The standard InChI is InChI=1S/C11H20O4/c1-7(2)6-9(11(14)15)5-4-8(3)10(12)13/h7-9H,4-6H2,1-3H3,(H,12,13)(H,14,15)/t8-,9+/m1/s1. The third kappa shape index (κ3) is 6.10. The van der Waals surface area contributed by atoms with E-state index in [1.807, 2.05) is 13.8 Å². The lowest BCUT2D eigenvalue weighted by molar-refractivity contribution is -0.145. The molecule has 0 spiro atoms. The lowest BCUT2D eigenvalue weighted by Gasteiger charge is -2.15. The molecule has 0 saturated heterocycles. The van der Waals surface area contributed by atoms with Crippen LogP contribution in [-0.2, 0) is 9.59 Å². The summed E-state index contributed by atoms with van der Waals surface area (Å²) in [6, 6.07) is 0. The molecule has 4 heteroatoms. The number of hydrogen-bond donors (Lipinski definition) is 2. The SMILES string of the molecule is CC(C)C[C@H](CC[C@@H](C)C(=O)O)C(=O)O. The number of carbonyl (C=O) groups is 2. The Morgan fingerprint density at radius 2 is 1.53 bits per heavy atom. The van der Waals surface area contributed by atoms with Crippen LogP contribution in [0.4, 0.5) is 0 Å². The van der Waals surface area contributed by atoms with E-state index in [4.69, 9.17) is 10.2 Å². The predicted molar refractivity (Wildman–Crippen MR) is 56.6 cm³/mol. The Morgan fingerprint density at radius 3 is 1.87 bits per heavy atom. The van der Waals surface area contributed by atoms with E-state index in [-0.39, 0.29) is 0 Å². The zero-order chi connectivity index (χ0) is 12.0. The van der Waals surface area contributed by atoms with Gasteiger partial charge < -0.3 is 10.2 Å². The zero-order valence-corrected chi connectivity index (χ0v) is 9.56. The summed E-state index contributed by atoms with van der Waals surface area (Å²) in [5.74, 6) is -2.22.